The van der Waals surface area contributed by atoms with Crippen LogP contribution in [0.3, 0.4) is 0 Å². The van der Waals surface area contributed by atoms with Crippen LogP contribution in [0.25, 0.3) is 0 Å². The molecule has 1 aliphatic carbocycles. The average molecular weight is 808 g/mol. The van der Waals surface area contributed by atoms with E-state index in [0.717, 1.165) is 44.9 Å². The van der Waals surface area contributed by atoms with Crippen molar-refractivity contribution in [2.75, 3.05) is 6.61 Å². The van der Waals surface area contributed by atoms with E-state index in [0.29, 0.717) is 6.42 Å². The molecule has 0 saturated heterocycles. The highest BCUT2D eigenvalue weighted by Crippen LogP contribution is 2.47. The van der Waals surface area contributed by atoms with Gasteiger partial charge >= 0.3 is 7.82 Å². The van der Waals surface area contributed by atoms with Crippen molar-refractivity contribution in [3.05, 3.63) is 24.3 Å². The third-order valence-electron chi connectivity index (χ3n) is 10.3. The number of hydrogen-bond donors (Lipinski definition) is 9. The molecule has 0 bridgehead atoms. The third kappa shape index (κ3) is 24.3. The predicted octanol–water partition coefficient (Wildman–Crippen LogP) is 6.03. The van der Waals surface area contributed by atoms with E-state index in [1.54, 1.807) is 6.08 Å². The van der Waals surface area contributed by atoms with Crippen LogP contribution in [-0.4, -0.2) is 108 Å². The van der Waals surface area contributed by atoms with Gasteiger partial charge in [-0.3, -0.25) is 13.8 Å². The second kappa shape index (κ2) is 31.7. The number of phosphoric ester groups is 1. The van der Waals surface area contributed by atoms with Gasteiger partial charge in [0, 0.05) is 0 Å². The standard InChI is InChI=1S/C41H78NO12P/c1-3-5-7-9-11-12-13-14-15-16-17-18-19-20-21-23-25-27-29-34(44)33(42-35(45)30-32(43)28-26-24-22-10-8-6-4-2)31-53-55(51,52)54-41-39(49)37(47)36(46)38(48)40(41)50/h24,26-27,29,32-34,36-41,43-44,46-50H,3-23,25,28,30-31H2,1-2H3,(H,42,45)(H,51,52)/b26-24-,29-27+. The molecule has 1 rings (SSSR count). The molecular weight excluding hydrogens is 729 g/mol. The maximum atomic E-state index is 12.9. The lowest BCUT2D eigenvalue weighted by Crippen LogP contribution is -2.64. The predicted molar refractivity (Wildman–Crippen MR) is 215 cm³/mol. The molecule has 0 aliphatic heterocycles. The van der Waals surface area contributed by atoms with E-state index in [2.05, 4.69) is 19.2 Å². The Hall–Kier alpha value is -1.22. The van der Waals surface area contributed by atoms with Crippen molar-refractivity contribution in [3.63, 3.8) is 0 Å². The van der Waals surface area contributed by atoms with Gasteiger partial charge in [0.15, 0.2) is 0 Å². The number of hydrogen-bond acceptors (Lipinski definition) is 11. The van der Waals surface area contributed by atoms with Crippen molar-refractivity contribution in [1.82, 2.24) is 5.32 Å². The number of carbonyl (C=O) groups excluding carboxylic acids is 1. The Morgan fingerprint density at radius 2 is 1.05 bits per heavy atom. The average Bonchev–Trinajstić information content (AvgIpc) is 3.15. The monoisotopic (exact) mass is 808 g/mol. The third-order valence-corrected chi connectivity index (χ3v) is 11.3. The molecule has 324 valence electrons. The number of aliphatic hydroxyl groups is 7. The molecule has 8 unspecified atom stereocenters. The molecule has 0 spiro atoms. The molecule has 0 aromatic heterocycles. The fraction of sp³-hybridized carbons (Fsp3) is 0.878. The molecule has 1 amide bonds. The first-order valence-electron chi connectivity index (χ1n) is 21.4. The largest absolute Gasteiger partial charge is 0.472 e. The van der Waals surface area contributed by atoms with Crippen LogP contribution in [0.1, 0.15) is 168 Å². The lowest BCUT2D eigenvalue weighted by atomic mass is 9.85. The molecule has 14 heteroatoms. The van der Waals surface area contributed by atoms with Gasteiger partial charge in [0.05, 0.1) is 31.3 Å². The molecule has 9 N–H and O–H groups in total. The van der Waals surface area contributed by atoms with Crippen LogP contribution in [0, 0.1) is 0 Å². The van der Waals surface area contributed by atoms with Crippen LogP contribution < -0.4 is 5.32 Å². The minimum absolute atomic E-state index is 0.252. The van der Waals surface area contributed by atoms with Gasteiger partial charge in [-0.05, 0) is 32.1 Å². The number of amides is 1. The fourth-order valence-corrected chi connectivity index (χ4v) is 7.68. The van der Waals surface area contributed by atoms with Crippen LogP contribution in [-0.2, 0) is 18.4 Å². The summed E-state index contributed by atoms with van der Waals surface area (Å²) in [6.45, 7) is 3.64. The Labute approximate surface area is 331 Å². The van der Waals surface area contributed by atoms with Gasteiger partial charge in [0.2, 0.25) is 5.91 Å². The second-order valence-corrected chi connectivity index (χ2v) is 16.8. The van der Waals surface area contributed by atoms with Crippen LogP contribution in [0.4, 0.5) is 0 Å². The van der Waals surface area contributed by atoms with Crippen molar-refractivity contribution < 1.29 is 59.0 Å². The van der Waals surface area contributed by atoms with E-state index < -0.39 is 75.2 Å². The van der Waals surface area contributed by atoms with E-state index in [-0.39, 0.29) is 12.8 Å². The van der Waals surface area contributed by atoms with E-state index in [9.17, 15) is 50.0 Å². The summed E-state index contributed by atoms with van der Waals surface area (Å²) < 4.78 is 22.7. The summed E-state index contributed by atoms with van der Waals surface area (Å²) in [5, 5.41) is 74.0. The first kappa shape index (κ1) is 51.8. The number of unbranched alkanes of at least 4 members (excludes halogenated alkanes) is 20. The normalized spacial score (nSPS) is 24.6. The Morgan fingerprint density at radius 3 is 1.55 bits per heavy atom. The van der Waals surface area contributed by atoms with Gasteiger partial charge in [-0.2, -0.15) is 0 Å². The summed E-state index contributed by atoms with van der Waals surface area (Å²) in [4.78, 5) is 23.2. The Bertz CT molecular complexity index is 1050. The number of allylic oxidation sites excluding steroid dienone is 2. The molecule has 1 aliphatic rings. The van der Waals surface area contributed by atoms with Crippen LogP contribution in [0.15, 0.2) is 24.3 Å². The van der Waals surface area contributed by atoms with E-state index in [1.807, 2.05) is 12.2 Å². The SMILES string of the molecule is CCCCCC/C=C\CC(O)CC(=O)NC(COP(=O)(O)OC1C(O)C(O)C(O)C(O)C1O)C(O)/C=C/CCCCCCCCCCCCCCCCCC. The summed E-state index contributed by atoms with van der Waals surface area (Å²) in [5.41, 5.74) is 0. The fourth-order valence-electron chi connectivity index (χ4n) is 6.71. The van der Waals surface area contributed by atoms with Crippen molar-refractivity contribution in [2.24, 2.45) is 0 Å². The number of rotatable bonds is 34. The first-order valence-corrected chi connectivity index (χ1v) is 22.9. The zero-order chi connectivity index (χ0) is 40.9. The van der Waals surface area contributed by atoms with Crippen LogP contribution in [0.5, 0.6) is 0 Å². The highest BCUT2D eigenvalue weighted by atomic mass is 31.2. The lowest BCUT2D eigenvalue weighted by Gasteiger charge is -2.41. The molecule has 13 nitrogen and oxygen atoms in total. The Kier molecular flexibility index (Phi) is 29.9. The minimum atomic E-state index is -5.14. The van der Waals surface area contributed by atoms with Crippen molar-refractivity contribution >= 4 is 13.7 Å². The Balaban J connectivity index is 2.58. The number of aliphatic hydroxyl groups excluding tert-OH is 7. The maximum absolute atomic E-state index is 12.9. The molecule has 55 heavy (non-hydrogen) atoms. The number of carbonyl (C=O) groups is 1. The molecule has 0 aromatic rings. The number of phosphoric acid groups is 1. The Morgan fingerprint density at radius 1 is 0.636 bits per heavy atom. The van der Waals surface area contributed by atoms with Gasteiger partial charge in [-0.15, -0.1) is 0 Å². The summed E-state index contributed by atoms with van der Waals surface area (Å²) in [6, 6.07) is -1.25. The molecular formula is C41H78NO12P. The first-order chi connectivity index (χ1) is 26.3. The van der Waals surface area contributed by atoms with Gasteiger partial charge in [-0.1, -0.05) is 154 Å². The molecule has 0 radical (unpaired) electrons. The molecule has 1 saturated carbocycles. The maximum Gasteiger partial charge on any atom is 0.472 e. The second-order valence-electron chi connectivity index (χ2n) is 15.4. The molecule has 1 fully saturated rings. The van der Waals surface area contributed by atoms with E-state index >= 15 is 0 Å². The smallest absolute Gasteiger partial charge is 0.392 e. The van der Waals surface area contributed by atoms with Gasteiger partial charge in [0.25, 0.3) is 0 Å². The van der Waals surface area contributed by atoms with Gasteiger partial charge in [-0.25, -0.2) is 4.57 Å². The summed E-state index contributed by atoms with van der Waals surface area (Å²) in [6.07, 6.45) is 18.9. The highest BCUT2D eigenvalue weighted by Gasteiger charge is 2.51. The van der Waals surface area contributed by atoms with Gasteiger partial charge in [0.1, 0.15) is 36.6 Å². The number of nitrogens with one attached hydrogen (secondary N) is 1. The molecule has 0 heterocycles. The highest BCUT2D eigenvalue weighted by molar-refractivity contribution is 7.47. The van der Waals surface area contributed by atoms with Crippen molar-refractivity contribution in [2.45, 2.75) is 223 Å². The topological polar surface area (TPSA) is 226 Å². The molecule has 0 aromatic carbocycles. The summed E-state index contributed by atoms with van der Waals surface area (Å²) in [7, 11) is -5.14. The van der Waals surface area contributed by atoms with Crippen LogP contribution in [0.2, 0.25) is 0 Å². The van der Waals surface area contributed by atoms with E-state index in [1.165, 1.54) is 96.0 Å². The van der Waals surface area contributed by atoms with Crippen molar-refractivity contribution in [1.29, 1.82) is 0 Å². The summed E-state index contributed by atoms with van der Waals surface area (Å²) in [5.74, 6) is -0.630. The summed E-state index contributed by atoms with van der Waals surface area (Å²) >= 11 is 0. The zero-order valence-electron chi connectivity index (χ0n) is 33.8. The van der Waals surface area contributed by atoms with E-state index in [4.69, 9.17) is 9.05 Å². The minimum Gasteiger partial charge on any atom is -0.392 e. The van der Waals surface area contributed by atoms with Crippen molar-refractivity contribution in [3.8, 4) is 0 Å². The quantitative estimate of drug-likeness (QED) is 0.0207. The zero-order valence-corrected chi connectivity index (χ0v) is 34.7. The van der Waals surface area contributed by atoms with Gasteiger partial charge < -0.3 is 46.0 Å². The van der Waals surface area contributed by atoms with Crippen LogP contribution >= 0.6 is 7.82 Å². The lowest BCUT2D eigenvalue weighted by molar-refractivity contribution is -0.220. The molecule has 8 atom stereocenters.